The predicted molar refractivity (Wildman–Crippen MR) is 94.5 cm³/mol. The Morgan fingerprint density at radius 2 is 1.84 bits per heavy atom. The minimum Gasteiger partial charge on any atom is -0.494 e. The number of likely N-dealkylation sites (tertiary alicyclic amines) is 1. The number of rotatable bonds is 3. The smallest absolute Gasteiger partial charge is 0.259 e. The molecule has 0 N–H and O–H groups in total. The van der Waals surface area contributed by atoms with E-state index in [0.29, 0.717) is 44.3 Å². The summed E-state index contributed by atoms with van der Waals surface area (Å²) in [5.41, 5.74) is 0.207. The largest absolute Gasteiger partial charge is 0.494 e. The van der Waals surface area contributed by atoms with Crippen molar-refractivity contribution >= 4 is 35.0 Å². The van der Waals surface area contributed by atoms with Gasteiger partial charge >= 0.3 is 0 Å². The lowest BCUT2D eigenvalue weighted by atomic mass is 10.1. The average molecular weight is 387 g/mol. The third kappa shape index (κ3) is 3.57. The first-order valence-electron chi connectivity index (χ1n) is 8.24. The molecule has 1 atom stereocenters. The van der Waals surface area contributed by atoms with Gasteiger partial charge in [0.25, 0.3) is 5.91 Å². The first kappa shape index (κ1) is 18.3. The molecule has 0 saturated carbocycles. The van der Waals surface area contributed by atoms with Crippen molar-refractivity contribution < 1.29 is 19.1 Å². The fraction of sp³-hybridized carbons (Fsp3) is 0.529. The zero-order chi connectivity index (χ0) is 18.0. The fourth-order valence-electron chi connectivity index (χ4n) is 3.34. The van der Waals surface area contributed by atoms with Crippen LogP contribution in [0.5, 0.6) is 5.75 Å². The summed E-state index contributed by atoms with van der Waals surface area (Å²) < 4.78 is 10.6. The maximum atomic E-state index is 13.1. The topological polar surface area (TPSA) is 59.1 Å². The summed E-state index contributed by atoms with van der Waals surface area (Å²) in [7, 11) is 1.44. The van der Waals surface area contributed by atoms with Crippen molar-refractivity contribution in [3.05, 3.63) is 27.7 Å². The Bertz CT molecular complexity index is 677. The summed E-state index contributed by atoms with van der Waals surface area (Å²) in [6.07, 6.45) is 1.41. The van der Waals surface area contributed by atoms with E-state index in [0.717, 1.165) is 6.42 Å². The Balaban J connectivity index is 1.86. The highest BCUT2D eigenvalue weighted by Gasteiger charge is 2.38. The van der Waals surface area contributed by atoms with Crippen LogP contribution in [0.25, 0.3) is 0 Å². The average Bonchev–Trinajstić information content (AvgIpc) is 3.12. The Morgan fingerprint density at radius 3 is 2.52 bits per heavy atom. The van der Waals surface area contributed by atoms with Gasteiger partial charge in [0.05, 0.1) is 30.4 Å². The van der Waals surface area contributed by atoms with Crippen molar-refractivity contribution in [3.8, 4) is 5.75 Å². The van der Waals surface area contributed by atoms with Crippen LogP contribution in [0.2, 0.25) is 10.0 Å². The molecule has 0 radical (unpaired) electrons. The first-order valence-corrected chi connectivity index (χ1v) is 8.99. The molecule has 0 bridgehead atoms. The highest BCUT2D eigenvalue weighted by atomic mass is 35.5. The lowest BCUT2D eigenvalue weighted by molar-refractivity contribution is -0.139. The van der Waals surface area contributed by atoms with E-state index in [2.05, 4.69) is 0 Å². The molecule has 136 valence electrons. The monoisotopic (exact) mass is 386 g/mol. The summed E-state index contributed by atoms with van der Waals surface area (Å²) in [6.45, 7) is 2.67. The maximum Gasteiger partial charge on any atom is 0.259 e. The highest BCUT2D eigenvalue weighted by Crippen LogP contribution is 2.36. The number of benzene rings is 1. The molecular formula is C17H20Cl2N2O4. The van der Waals surface area contributed by atoms with Gasteiger partial charge in [0.2, 0.25) is 5.91 Å². The molecule has 2 fully saturated rings. The molecule has 2 amide bonds. The number of methoxy groups -OCH3 is 1. The van der Waals surface area contributed by atoms with E-state index in [9.17, 15) is 9.59 Å². The summed E-state index contributed by atoms with van der Waals surface area (Å²) in [6, 6.07) is 2.67. The number of carbonyl (C=O) groups excluding carboxylic acids is 2. The Kier molecular flexibility index (Phi) is 5.71. The lowest BCUT2D eigenvalue weighted by Gasteiger charge is -2.32. The normalized spacial score (nSPS) is 20.7. The first-order chi connectivity index (χ1) is 12.0. The second-order valence-electron chi connectivity index (χ2n) is 6.03. The van der Waals surface area contributed by atoms with Crippen molar-refractivity contribution in [2.75, 3.05) is 40.0 Å². The zero-order valence-corrected chi connectivity index (χ0v) is 15.5. The van der Waals surface area contributed by atoms with Gasteiger partial charge in [0.15, 0.2) is 5.75 Å². The number of ether oxygens (including phenoxy) is 2. The van der Waals surface area contributed by atoms with Gasteiger partial charge in [0, 0.05) is 19.6 Å². The number of hydrogen-bond acceptors (Lipinski definition) is 4. The predicted octanol–water partition coefficient (Wildman–Crippen LogP) is 2.47. The third-order valence-electron chi connectivity index (χ3n) is 4.60. The van der Waals surface area contributed by atoms with E-state index in [1.165, 1.54) is 7.11 Å². The molecule has 1 aromatic rings. The van der Waals surface area contributed by atoms with Gasteiger partial charge < -0.3 is 19.3 Å². The van der Waals surface area contributed by atoms with E-state index < -0.39 is 6.04 Å². The number of nitrogens with zero attached hydrogens (tertiary/aromatic N) is 2. The van der Waals surface area contributed by atoms with Crippen molar-refractivity contribution in [2.45, 2.75) is 18.9 Å². The van der Waals surface area contributed by atoms with Gasteiger partial charge in [-0.1, -0.05) is 23.2 Å². The van der Waals surface area contributed by atoms with Gasteiger partial charge in [-0.25, -0.2) is 0 Å². The van der Waals surface area contributed by atoms with Gasteiger partial charge in [-0.3, -0.25) is 9.59 Å². The summed E-state index contributed by atoms with van der Waals surface area (Å²) in [5, 5.41) is 0.571. The minimum atomic E-state index is -0.481. The van der Waals surface area contributed by atoms with Gasteiger partial charge in [-0.2, -0.15) is 0 Å². The van der Waals surface area contributed by atoms with Crippen LogP contribution in [0, 0.1) is 0 Å². The molecule has 2 heterocycles. The third-order valence-corrected chi connectivity index (χ3v) is 5.21. The molecule has 2 aliphatic heterocycles. The summed E-state index contributed by atoms with van der Waals surface area (Å²) >= 11 is 12.4. The minimum absolute atomic E-state index is 0.0359. The van der Waals surface area contributed by atoms with Crippen LogP contribution in [0.4, 0.5) is 0 Å². The van der Waals surface area contributed by atoms with E-state index in [1.54, 1.807) is 21.9 Å². The Hall–Kier alpha value is -1.50. The molecule has 1 aromatic carbocycles. The van der Waals surface area contributed by atoms with Crippen LogP contribution in [0.15, 0.2) is 12.1 Å². The maximum absolute atomic E-state index is 13.1. The molecule has 6 nitrogen and oxygen atoms in total. The molecule has 3 rings (SSSR count). The second-order valence-corrected chi connectivity index (χ2v) is 6.85. The van der Waals surface area contributed by atoms with Gasteiger partial charge in [0.1, 0.15) is 11.6 Å². The summed E-state index contributed by atoms with van der Waals surface area (Å²) in [4.78, 5) is 29.3. The van der Waals surface area contributed by atoms with Gasteiger partial charge in [-0.15, -0.1) is 0 Å². The second kappa shape index (κ2) is 7.81. The van der Waals surface area contributed by atoms with Crippen LogP contribution in [-0.4, -0.2) is 67.6 Å². The fourth-order valence-corrected chi connectivity index (χ4v) is 3.80. The molecule has 0 unspecified atom stereocenters. The quantitative estimate of drug-likeness (QED) is 0.800. The molecule has 0 aliphatic carbocycles. The lowest BCUT2D eigenvalue weighted by Crippen LogP contribution is -2.51. The molecular weight excluding hydrogens is 367 g/mol. The number of morpholine rings is 1. The molecule has 8 heteroatoms. The van der Waals surface area contributed by atoms with E-state index in [4.69, 9.17) is 32.7 Å². The van der Waals surface area contributed by atoms with Crippen molar-refractivity contribution in [1.29, 1.82) is 0 Å². The van der Waals surface area contributed by atoms with Crippen molar-refractivity contribution in [1.82, 2.24) is 9.80 Å². The number of hydrogen-bond donors (Lipinski definition) is 0. The van der Waals surface area contributed by atoms with Crippen LogP contribution < -0.4 is 4.74 Å². The van der Waals surface area contributed by atoms with Crippen LogP contribution >= 0.6 is 23.2 Å². The number of halogens is 2. The SMILES string of the molecule is COc1c(Cl)ccc(Cl)c1C(=O)N1CCC[C@H]1C(=O)N1CCOCC1. The van der Waals surface area contributed by atoms with Crippen LogP contribution in [0.3, 0.4) is 0 Å². The van der Waals surface area contributed by atoms with Crippen LogP contribution in [0.1, 0.15) is 23.2 Å². The molecule has 0 spiro atoms. The number of carbonyl (C=O) groups is 2. The number of amides is 2. The highest BCUT2D eigenvalue weighted by molar-refractivity contribution is 6.37. The molecule has 2 saturated heterocycles. The Labute approximate surface area is 156 Å². The van der Waals surface area contributed by atoms with Crippen LogP contribution in [-0.2, 0) is 9.53 Å². The molecule has 25 heavy (non-hydrogen) atoms. The van der Waals surface area contributed by atoms with E-state index >= 15 is 0 Å². The Morgan fingerprint density at radius 1 is 1.16 bits per heavy atom. The van der Waals surface area contributed by atoms with Crippen molar-refractivity contribution in [3.63, 3.8) is 0 Å². The zero-order valence-electron chi connectivity index (χ0n) is 14.0. The molecule has 2 aliphatic rings. The molecule has 0 aromatic heterocycles. The van der Waals surface area contributed by atoms with E-state index in [1.807, 2.05) is 0 Å². The van der Waals surface area contributed by atoms with E-state index in [-0.39, 0.29) is 28.1 Å². The summed E-state index contributed by atoms with van der Waals surface area (Å²) in [5.74, 6) is -0.122. The van der Waals surface area contributed by atoms with Crippen molar-refractivity contribution in [2.24, 2.45) is 0 Å². The standard InChI is InChI=1S/C17H20Cl2N2O4/c1-24-15-12(19)5-4-11(18)14(15)17(23)21-6-2-3-13(21)16(22)20-7-9-25-10-8-20/h4-5,13H,2-3,6-10H2,1H3/t13-/m0/s1. The van der Waals surface area contributed by atoms with Gasteiger partial charge in [-0.05, 0) is 25.0 Å².